The molecule has 1 aliphatic rings. The first-order valence-electron chi connectivity index (χ1n) is 4.96. The van der Waals surface area contributed by atoms with Gasteiger partial charge in [0.1, 0.15) is 0 Å². The zero-order valence-electron chi connectivity index (χ0n) is 9.04. The fraction of sp³-hybridized carbons (Fsp3) is 0.100. The summed E-state index contributed by atoms with van der Waals surface area (Å²) in [7, 11) is 0. The first kappa shape index (κ1) is 11.7. The van der Waals surface area contributed by atoms with Crippen molar-refractivity contribution in [3.63, 3.8) is 0 Å². The van der Waals surface area contributed by atoms with Crippen LogP contribution >= 0.6 is 0 Å². The van der Waals surface area contributed by atoms with Gasteiger partial charge in [0.25, 0.3) is 5.69 Å². The van der Waals surface area contributed by atoms with Crippen molar-refractivity contribution in [3.8, 4) is 0 Å². The van der Waals surface area contributed by atoms with Crippen molar-refractivity contribution in [2.24, 2.45) is 4.99 Å². The Morgan fingerprint density at radius 2 is 1.89 bits per heavy atom. The van der Waals surface area contributed by atoms with Gasteiger partial charge in [0.15, 0.2) is 0 Å². The standard InChI is InChI=1S/C10H8N4O4/c15-8-9(16)13-10(12-8)11-5-6-2-1-3-7(4-6)14(17)18/h1-4H,5H2,(H2,11,12,13,15,16). The number of nitro benzene ring substituents is 1. The van der Waals surface area contributed by atoms with E-state index in [1.165, 1.54) is 12.1 Å². The lowest BCUT2D eigenvalue weighted by Crippen LogP contribution is -2.25. The lowest BCUT2D eigenvalue weighted by atomic mass is 10.2. The largest absolute Gasteiger partial charge is 0.316 e. The highest BCUT2D eigenvalue weighted by Gasteiger charge is 2.24. The molecule has 0 bridgehead atoms. The number of nitrogens with one attached hydrogen (secondary N) is 2. The molecule has 0 aromatic heterocycles. The second-order valence-corrected chi connectivity index (χ2v) is 3.50. The zero-order valence-corrected chi connectivity index (χ0v) is 9.04. The van der Waals surface area contributed by atoms with E-state index in [0.717, 1.165) is 0 Å². The van der Waals surface area contributed by atoms with Gasteiger partial charge in [-0.1, -0.05) is 12.1 Å². The zero-order chi connectivity index (χ0) is 13.1. The van der Waals surface area contributed by atoms with Crippen molar-refractivity contribution >= 4 is 23.5 Å². The predicted molar refractivity (Wildman–Crippen MR) is 60.5 cm³/mol. The summed E-state index contributed by atoms with van der Waals surface area (Å²) in [4.78, 5) is 35.7. The maximum Gasteiger partial charge on any atom is 0.316 e. The summed E-state index contributed by atoms with van der Waals surface area (Å²) in [5.41, 5.74) is 0.569. The van der Waals surface area contributed by atoms with Crippen LogP contribution in [0.1, 0.15) is 5.56 Å². The van der Waals surface area contributed by atoms with Crippen LogP contribution in [-0.2, 0) is 16.1 Å². The number of non-ortho nitro benzene ring substituents is 1. The smallest absolute Gasteiger partial charge is 0.288 e. The lowest BCUT2D eigenvalue weighted by Gasteiger charge is -1.98. The second-order valence-electron chi connectivity index (χ2n) is 3.50. The number of nitro groups is 1. The first-order chi connectivity index (χ1) is 8.56. The van der Waals surface area contributed by atoms with Gasteiger partial charge in [0.05, 0.1) is 11.5 Å². The Labute approximate surface area is 101 Å². The first-order valence-corrected chi connectivity index (χ1v) is 4.96. The third-order valence-electron chi connectivity index (χ3n) is 2.21. The van der Waals surface area contributed by atoms with E-state index in [1.807, 2.05) is 0 Å². The average molecular weight is 248 g/mol. The lowest BCUT2D eigenvalue weighted by molar-refractivity contribution is -0.384. The molecule has 8 nitrogen and oxygen atoms in total. The molecule has 0 atom stereocenters. The minimum absolute atomic E-state index is 0.0350. The number of aliphatic imine (C=N–C) groups is 1. The summed E-state index contributed by atoms with van der Waals surface area (Å²) >= 11 is 0. The second kappa shape index (κ2) is 4.62. The summed E-state index contributed by atoms with van der Waals surface area (Å²) < 4.78 is 0. The highest BCUT2D eigenvalue weighted by Crippen LogP contribution is 2.13. The van der Waals surface area contributed by atoms with Gasteiger partial charge >= 0.3 is 11.8 Å². The van der Waals surface area contributed by atoms with Crippen LogP contribution in [0.25, 0.3) is 0 Å². The fourth-order valence-electron chi connectivity index (χ4n) is 1.38. The van der Waals surface area contributed by atoms with E-state index in [4.69, 9.17) is 0 Å². The van der Waals surface area contributed by atoms with E-state index in [1.54, 1.807) is 12.1 Å². The van der Waals surface area contributed by atoms with E-state index >= 15 is 0 Å². The maximum atomic E-state index is 10.8. The molecule has 0 radical (unpaired) electrons. The van der Waals surface area contributed by atoms with Crippen molar-refractivity contribution in [1.82, 2.24) is 10.6 Å². The molecular formula is C10H8N4O4. The summed E-state index contributed by atoms with van der Waals surface area (Å²) in [6, 6.07) is 5.95. The van der Waals surface area contributed by atoms with Crippen LogP contribution in [0.4, 0.5) is 5.69 Å². The molecule has 1 aliphatic heterocycles. The highest BCUT2D eigenvalue weighted by molar-refractivity contribution is 6.45. The Kier molecular flexibility index (Phi) is 3.00. The number of hydrogen-bond donors (Lipinski definition) is 2. The van der Waals surface area contributed by atoms with E-state index in [2.05, 4.69) is 15.6 Å². The Bertz CT molecular complexity index is 549. The molecule has 0 saturated carbocycles. The molecule has 2 rings (SSSR count). The SMILES string of the molecule is O=C1NC(=NCc2cccc([N+](=O)[O-])c2)NC1=O. The van der Waals surface area contributed by atoms with Gasteiger partial charge in [-0.05, 0) is 5.56 Å². The number of carbonyl (C=O) groups is 2. The number of nitrogens with zero attached hydrogens (tertiary/aromatic N) is 2. The van der Waals surface area contributed by atoms with E-state index in [-0.39, 0.29) is 18.2 Å². The molecule has 8 heteroatoms. The number of amides is 2. The molecule has 92 valence electrons. The number of guanidine groups is 1. The van der Waals surface area contributed by atoms with E-state index in [0.29, 0.717) is 5.56 Å². The van der Waals surface area contributed by atoms with Crippen LogP contribution in [0.3, 0.4) is 0 Å². The molecule has 0 unspecified atom stereocenters. The third-order valence-corrected chi connectivity index (χ3v) is 2.21. The van der Waals surface area contributed by atoms with Crippen LogP contribution in [0, 0.1) is 10.1 Å². The third kappa shape index (κ3) is 2.48. The van der Waals surface area contributed by atoms with E-state index < -0.39 is 16.7 Å². The quantitative estimate of drug-likeness (QED) is 0.434. The fourth-order valence-corrected chi connectivity index (χ4v) is 1.38. The van der Waals surface area contributed by atoms with Crippen LogP contribution in [0.2, 0.25) is 0 Å². The van der Waals surface area contributed by atoms with Crippen LogP contribution < -0.4 is 10.6 Å². The van der Waals surface area contributed by atoms with Crippen molar-refractivity contribution in [2.75, 3.05) is 0 Å². The van der Waals surface area contributed by atoms with Gasteiger partial charge in [0.2, 0.25) is 5.96 Å². The molecule has 1 heterocycles. The molecular weight excluding hydrogens is 240 g/mol. The minimum atomic E-state index is -0.771. The summed E-state index contributed by atoms with van der Waals surface area (Å²) in [6.07, 6.45) is 0. The number of carbonyl (C=O) groups excluding carboxylic acids is 2. The topological polar surface area (TPSA) is 114 Å². The van der Waals surface area contributed by atoms with Crippen molar-refractivity contribution < 1.29 is 14.5 Å². The molecule has 1 saturated heterocycles. The Morgan fingerprint density at radius 3 is 2.50 bits per heavy atom. The van der Waals surface area contributed by atoms with Crippen LogP contribution in [-0.4, -0.2) is 22.7 Å². The average Bonchev–Trinajstić information content (AvgIpc) is 2.67. The van der Waals surface area contributed by atoms with Gasteiger partial charge in [-0.15, -0.1) is 0 Å². The summed E-state index contributed by atoms with van der Waals surface area (Å²) in [5.74, 6) is -1.49. The molecule has 1 aromatic rings. The molecule has 0 aliphatic carbocycles. The maximum absolute atomic E-state index is 10.8. The van der Waals surface area contributed by atoms with Gasteiger partial charge in [-0.2, -0.15) is 0 Å². The summed E-state index contributed by atoms with van der Waals surface area (Å²) in [6.45, 7) is 0.123. The Morgan fingerprint density at radius 1 is 1.22 bits per heavy atom. The van der Waals surface area contributed by atoms with Gasteiger partial charge in [-0.3, -0.25) is 30.3 Å². The Balaban J connectivity index is 2.09. The predicted octanol–water partition coefficient (Wildman–Crippen LogP) is -0.303. The molecule has 0 spiro atoms. The molecule has 18 heavy (non-hydrogen) atoms. The molecule has 2 amide bonds. The van der Waals surface area contributed by atoms with E-state index in [9.17, 15) is 19.7 Å². The number of hydrogen-bond acceptors (Lipinski definition) is 5. The van der Waals surface area contributed by atoms with Gasteiger partial charge in [0, 0.05) is 12.1 Å². The monoisotopic (exact) mass is 248 g/mol. The molecule has 2 N–H and O–H groups in total. The highest BCUT2D eigenvalue weighted by atomic mass is 16.6. The molecule has 1 aromatic carbocycles. The van der Waals surface area contributed by atoms with Crippen molar-refractivity contribution in [1.29, 1.82) is 0 Å². The number of benzene rings is 1. The number of rotatable bonds is 3. The van der Waals surface area contributed by atoms with Gasteiger partial charge in [-0.25, -0.2) is 4.99 Å². The normalized spacial score (nSPS) is 14.1. The molecule has 1 fully saturated rings. The van der Waals surface area contributed by atoms with Crippen molar-refractivity contribution in [3.05, 3.63) is 39.9 Å². The minimum Gasteiger partial charge on any atom is -0.288 e. The van der Waals surface area contributed by atoms with Gasteiger partial charge < -0.3 is 0 Å². The van der Waals surface area contributed by atoms with Crippen LogP contribution in [0.5, 0.6) is 0 Å². The summed E-state index contributed by atoms with van der Waals surface area (Å²) in [5, 5.41) is 15.0. The Hall–Kier alpha value is -2.77. The van der Waals surface area contributed by atoms with Crippen LogP contribution in [0.15, 0.2) is 29.3 Å². The van der Waals surface area contributed by atoms with Crippen molar-refractivity contribution in [2.45, 2.75) is 6.54 Å².